The van der Waals surface area contributed by atoms with Gasteiger partial charge in [-0.15, -0.1) is 0 Å². The van der Waals surface area contributed by atoms with E-state index in [0.29, 0.717) is 13.1 Å². The Morgan fingerprint density at radius 3 is 2.73 bits per heavy atom. The van der Waals surface area contributed by atoms with Gasteiger partial charge in [-0.05, 0) is 6.92 Å². The van der Waals surface area contributed by atoms with E-state index >= 15 is 0 Å². The van der Waals surface area contributed by atoms with Crippen molar-refractivity contribution >= 4 is 15.9 Å². The SMILES string of the molecule is CC1CNCC(C(=O)NS(C)(=O)=O)CO1. The average molecular weight is 236 g/mol. The number of sulfonamides is 1. The number of ether oxygens (including phenoxy) is 1. The van der Waals surface area contributed by atoms with Crippen LogP contribution in [0, 0.1) is 5.92 Å². The number of amides is 1. The maximum atomic E-state index is 11.5. The maximum Gasteiger partial charge on any atom is 0.240 e. The predicted octanol–water partition coefficient (Wildman–Crippen LogP) is -1.31. The lowest BCUT2D eigenvalue weighted by Gasteiger charge is -2.13. The van der Waals surface area contributed by atoms with Gasteiger partial charge < -0.3 is 10.1 Å². The minimum atomic E-state index is -3.48. The van der Waals surface area contributed by atoms with E-state index in [0.717, 1.165) is 6.26 Å². The first-order chi connectivity index (χ1) is 6.88. The van der Waals surface area contributed by atoms with Crippen LogP contribution in [0.1, 0.15) is 6.92 Å². The molecule has 2 atom stereocenters. The molecule has 1 amide bonds. The van der Waals surface area contributed by atoms with Crippen molar-refractivity contribution in [2.45, 2.75) is 13.0 Å². The number of carbonyl (C=O) groups is 1. The van der Waals surface area contributed by atoms with Crippen LogP contribution in [0.2, 0.25) is 0 Å². The molecule has 15 heavy (non-hydrogen) atoms. The van der Waals surface area contributed by atoms with Gasteiger partial charge in [0.05, 0.1) is 24.9 Å². The summed E-state index contributed by atoms with van der Waals surface area (Å²) >= 11 is 0. The van der Waals surface area contributed by atoms with E-state index in [-0.39, 0.29) is 12.7 Å². The lowest BCUT2D eigenvalue weighted by atomic mass is 10.1. The van der Waals surface area contributed by atoms with Crippen LogP contribution in [0.15, 0.2) is 0 Å². The fourth-order valence-electron chi connectivity index (χ4n) is 1.29. The first-order valence-electron chi connectivity index (χ1n) is 4.72. The largest absolute Gasteiger partial charge is 0.376 e. The van der Waals surface area contributed by atoms with Crippen LogP contribution in [0.3, 0.4) is 0 Å². The highest BCUT2D eigenvalue weighted by Crippen LogP contribution is 2.04. The Balaban J connectivity index is 2.52. The van der Waals surface area contributed by atoms with Crippen LogP contribution < -0.4 is 10.0 Å². The zero-order chi connectivity index (χ0) is 11.5. The number of nitrogens with one attached hydrogen (secondary N) is 2. The second-order valence-electron chi connectivity index (χ2n) is 3.74. The fourth-order valence-corrected chi connectivity index (χ4v) is 1.83. The Morgan fingerprint density at radius 2 is 2.13 bits per heavy atom. The van der Waals surface area contributed by atoms with Crippen LogP contribution in [0.4, 0.5) is 0 Å². The van der Waals surface area contributed by atoms with Gasteiger partial charge in [-0.3, -0.25) is 9.52 Å². The lowest BCUT2D eigenvalue weighted by Crippen LogP contribution is -2.40. The number of hydrogen-bond donors (Lipinski definition) is 2. The van der Waals surface area contributed by atoms with Crippen molar-refractivity contribution in [1.82, 2.24) is 10.0 Å². The van der Waals surface area contributed by atoms with E-state index in [1.165, 1.54) is 0 Å². The fraction of sp³-hybridized carbons (Fsp3) is 0.875. The van der Waals surface area contributed by atoms with Crippen molar-refractivity contribution in [3.8, 4) is 0 Å². The standard InChI is InChI=1S/C8H16N2O4S/c1-6-3-9-4-7(5-14-6)8(11)10-15(2,12)13/h6-7,9H,3-5H2,1-2H3,(H,10,11). The highest BCUT2D eigenvalue weighted by atomic mass is 32.2. The van der Waals surface area contributed by atoms with Gasteiger partial charge in [0.1, 0.15) is 0 Å². The Morgan fingerprint density at radius 1 is 1.47 bits per heavy atom. The topological polar surface area (TPSA) is 84.5 Å². The highest BCUT2D eigenvalue weighted by molar-refractivity contribution is 7.89. The highest BCUT2D eigenvalue weighted by Gasteiger charge is 2.24. The summed E-state index contributed by atoms with van der Waals surface area (Å²) in [5, 5.41) is 3.03. The summed E-state index contributed by atoms with van der Waals surface area (Å²) in [5.74, 6) is -0.969. The molecule has 0 aromatic carbocycles. The Kier molecular flexibility index (Phi) is 4.06. The summed E-state index contributed by atoms with van der Waals surface area (Å²) in [6.45, 7) is 3.24. The van der Waals surface area contributed by atoms with E-state index in [1.807, 2.05) is 11.6 Å². The molecule has 88 valence electrons. The van der Waals surface area contributed by atoms with E-state index in [9.17, 15) is 13.2 Å². The van der Waals surface area contributed by atoms with Crippen molar-refractivity contribution < 1.29 is 17.9 Å². The van der Waals surface area contributed by atoms with Gasteiger partial charge in [-0.2, -0.15) is 0 Å². The van der Waals surface area contributed by atoms with Gasteiger partial charge in [-0.25, -0.2) is 8.42 Å². The Hall–Kier alpha value is -0.660. The monoisotopic (exact) mass is 236 g/mol. The molecule has 0 saturated carbocycles. The molecule has 1 rings (SSSR count). The van der Waals surface area contributed by atoms with Crippen molar-refractivity contribution in [2.75, 3.05) is 26.0 Å². The molecule has 0 bridgehead atoms. The van der Waals surface area contributed by atoms with Gasteiger partial charge in [0.15, 0.2) is 0 Å². The van der Waals surface area contributed by atoms with Gasteiger partial charge in [0.2, 0.25) is 15.9 Å². The predicted molar refractivity (Wildman–Crippen MR) is 54.8 cm³/mol. The van der Waals surface area contributed by atoms with E-state index in [4.69, 9.17) is 4.74 Å². The van der Waals surface area contributed by atoms with E-state index in [1.54, 1.807) is 0 Å². The minimum Gasteiger partial charge on any atom is -0.376 e. The summed E-state index contributed by atoms with van der Waals surface area (Å²) in [7, 11) is -3.48. The molecule has 0 aromatic rings. The van der Waals surface area contributed by atoms with Gasteiger partial charge in [0.25, 0.3) is 0 Å². The summed E-state index contributed by atoms with van der Waals surface area (Å²) in [6.07, 6.45) is 0.999. The molecule has 1 aliphatic heterocycles. The molecule has 6 nitrogen and oxygen atoms in total. The van der Waals surface area contributed by atoms with Crippen molar-refractivity contribution in [2.24, 2.45) is 5.92 Å². The molecule has 1 heterocycles. The maximum absolute atomic E-state index is 11.5. The lowest BCUT2D eigenvalue weighted by molar-refractivity contribution is -0.124. The molecule has 0 aromatic heterocycles. The van der Waals surface area contributed by atoms with Gasteiger partial charge in [0, 0.05) is 13.1 Å². The molecule has 2 N–H and O–H groups in total. The summed E-state index contributed by atoms with van der Waals surface area (Å²) in [4.78, 5) is 11.5. The molecule has 0 aliphatic carbocycles. The third-order valence-corrected chi connectivity index (χ3v) is 2.63. The normalized spacial score (nSPS) is 28.1. The van der Waals surface area contributed by atoms with Crippen molar-refractivity contribution in [1.29, 1.82) is 0 Å². The molecule has 1 saturated heterocycles. The van der Waals surface area contributed by atoms with Gasteiger partial charge >= 0.3 is 0 Å². The molecule has 1 aliphatic rings. The first kappa shape index (κ1) is 12.4. The smallest absolute Gasteiger partial charge is 0.240 e. The summed E-state index contributed by atoms with van der Waals surface area (Å²) in [6, 6.07) is 0. The molecule has 0 spiro atoms. The first-order valence-corrected chi connectivity index (χ1v) is 6.61. The number of rotatable bonds is 2. The average Bonchev–Trinajstić information content (AvgIpc) is 2.26. The second-order valence-corrected chi connectivity index (χ2v) is 5.49. The Bertz CT molecular complexity index is 328. The summed E-state index contributed by atoms with van der Waals surface area (Å²) in [5.41, 5.74) is 0. The molecular formula is C8H16N2O4S. The zero-order valence-electron chi connectivity index (χ0n) is 8.82. The minimum absolute atomic E-state index is 0.0426. The molecule has 2 unspecified atom stereocenters. The van der Waals surface area contributed by atoms with Crippen LogP contribution in [0.5, 0.6) is 0 Å². The van der Waals surface area contributed by atoms with Crippen LogP contribution in [0.25, 0.3) is 0 Å². The molecule has 1 fully saturated rings. The van der Waals surface area contributed by atoms with Crippen LogP contribution in [-0.2, 0) is 19.6 Å². The molecular weight excluding hydrogens is 220 g/mol. The molecule has 0 radical (unpaired) electrons. The van der Waals surface area contributed by atoms with E-state index < -0.39 is 21.8 Å². The van der Waals surface area contributed by atoms with Crippen molar-refractivity contribution in [3.05, 3.63) is 0 Å². The second kappa shape index (κ2) is 4.91. The summed E-state index contributed by atoms with van der Waals surface area (Å²) < 4.78 is 29.0. The zero-order valence-corrected chi connectivity index (χ0v) is 9.63. The molecule has 7 heteroatoms. The van der Waals surface area contributed by atoms with E-state index in [2.05, 4.69) is 5.32 Å². The quantitative estimate of drug-likeness (QED) is 0.621. The third kappa shape index (κ3) is 4.59. The van der Waals surface area contributed by atoms with Crippen molar-refractivity contribution in [3.63, 3.8) is 0 Å². The van der Waals surface area contributed by atoms with Gasteiger partial charge in [-0.1, -0.05) is 0 Å². The van der Waals surface area contributed by atoms with Crippen LogP contribution in [-0.4, -0.2) is 46.4 Å². The number of hydrogen-bond acceptors (Lipinski definition) is 5. The number of carbonyl (C=O) groups excluding carboxylic acids is 1. The third-order valence-electron chi connectivity index (χ3n) is 2.06. The van der Waals surface area contributed by atoms with Crippen LogP contribution >= 0.6 is 0 Å². The Labute approximate surface area is 89.4 Å².